The average Bonchev–Trinajstić information content (AvgIpc) is 3.10. The van der Waals surface area contributed by atoms with E-state index in [4.69, 9.17) is 16.3 Å². The minimum absolute atomic E-state index is 0.230. The summed E-state index contributed by atoms with van der Waals surface area (Å²) in [6.45, 7) is 0.783. The molecule has 1 N–H and O–H groups in total. The number of rotatable bonds is 5. The largest absolute Gasteiger partial charge is 0.495 e. The molecule has 0 saturated heterocycles. The number of ether oxygens (including phenoxy) is 1. The summed E-state index contributed by atoms with van der Waals surface area (Å²) in [5, 5.41) is 3.45. The van der Waals surface area contributed by atoms with Crippen LogP contribution in [0.1, 0.15) is 12.8 Å². The third-order valence-electron chi connectivity index (χ3n) is 2.58. The van der Waals surface area contributed by atoms with Crippen LogP contribution in [0.2, 0.25) is 0 Å². The van der Waals surface area contributed by atoms with E-state index < -0.39 is 0 Å². The Hall–Kier alpha value is -0.960. The molecule has 1 aromatic heterocycles. The van der Waals surface area contributed by atoms with Crippen LogP contribution < -0.4 is 10.1 Å². The second-order valence-electron chi connectivity index (χ2n) is 3.82. The highest BCUT2D eigenvalue weighted by Gasteiger charge is 2.29. The second kappa shape index (κ2) is 4.71. The van der Waals surface area contributed by atoms with Gasteiger partial charge in [0.15, 0.2) is 0 Å². The highest BCUT2D eigenvalue weighted by molar-refractivity contribution is 6.21. The topological polar surface area (TPSA) is 34.1 Å². The van der Waals surface area contributed by atoms with Crippen molar-refractivity contribution in [3.63, 3.8) is 0 Å². The molecule has 0 amide bonds. The average molecular weight is 227 g/mol. The lowest BCUT2D eigenvalue weighted by Crippen LogP contribution is -2.16. The number of aromatic nitrogens is 1. The summed E-state index contributed by atoms with van der Waals surface area (Å²) in [6.07, 6.45) is 4.24. The molecule has 1 fully saturated rings. The van der Waals surface area contributed by atoms with Gasteiger partial charge in [-0.1, -0.05) is 0 Å². The zero-order valence-corrected chi connectivity index (χ0v) is 9.50. The smallest absolute Gasteiger partial charge is 0.137 e. The Bertz CT molecular complexity index is 311. The summed E-state index contributed by atoms with van der Waals surface area (Å²) in [6, 6.07) is 3.78. The Balaban J connectivity index is 1.81. The zero-order valence-electron chi connectivity index (χ0n) is 8.74. The molecule has 1 unspecified atom stereocenters. The summed E-state index contributed by atoms with van der Waals surface area (Å²) in [4.78, 5) is 4.21. The summed E-state index contributed by atoms with van der Waals surface area (Å²) < 4.78 is 5.03. The summed E-state index contributed by atoms with van der Waals surface area (Å²) in [5.74, 6) is 2.32. The second-order valence-corrected chi connectivity index (χ2v) is 4.38. The number of pyridine rings is 1. The van der Waals surface area contributed by atoms with Crippen LogP contribution in [0.4, 0.5) is 5.82 Å². The Kier molecular flexibility index (Phi) is 3.31. The van der Waals surface area contributed by atoms with Gasteiger partial charge in [-0.25, -0.2) is 4.98 Å². The molecule has 2 rings (SSSR count). The minimum Gasteiger partial charge on any atom is -0.495 e. The van der Waals surface area contributed by atoms with Crippen LogP contribution in [0, 0.1) is 5.92 Å². The number of methoxy groups -OCH3 is 1. The van der Waals surface area contributed by atoms with Gasteiger partial charge in [0.1, 0.15) is 11.6 Å². The van der Waals surface area contributed by atoms with Crippen LogP contribution in [0.5, 0.6) is 5.75 Å². The number of hydrogen-bond donors (Lipinski definition) is 1. The Morgan fingerprint density at radius 1 is 1.60 bits per heavy atom. The lowest BCUT2D eigenvalue weighted by atomic mass is 10.3. The van der Waals surface area contributed by atoms with E-state index in [0.29, 0.717) is 5.92 Å². The van der Waals surface area contributed by atoms with Crippen LogP contribution in [0.25, 0.3) is 0 Å². The molecule has 0 radical (unpaired) electrons. The molecule has 0 bridgehead atoms. The monoisotopic (exact) mass is 226 g/mol. The first kappa shape index (κ1) is 10.6. The standard InChI is InChI=1S/C11H15ClN2O/c1-15-9-4-5-11(13-6-9)14-7-10(12)8-2-3-8/h4-6,8,10H,2-3,7H2,1H3,(H,13,14). The first-order chi connectivity index (χ1) is 7.29. The summed E-state index contributed by atoms with van der Waals surface area (Å²) in [7, 11) is 1.63. The Morgan fingerprint density at radius 2 is 2.40 bits per heavy atom. The van der Waals surface area contributed by atoms with Gasteiger partial charge in [-0.2, -0.15) is 0 Å². The number of alkyl halides is 1. The van der Waals surface area contributed by atoms with E-state index in [1.54, 1.807) is 13.3 Å². The fourth-order valence-corrected chi connectivity index (χ4v) is 1.76. The van der Waals surface area contributed by atoms with Gasteiger partial charge in [0.2, 0.25) is 0 Å². The maximum atomic E-state index is 6.17. The minimum atomic E-state index is 0.230. The SMILES string of the molecule is COc1ccc(NCC(Cl)C2CC2)nc1. The molecule has 4 heteroatoms. The summed E-state index contributed by atoms with van der Waals surface area (Å²) >= 11 is 6.17. The molecular weight excluding hydrogens is 212 g/mol. The maximum absolute atomic E-state index is 6.17. The normalized spacial score (nSPS) is 17.2. The number of nitrogens with one attached hydrogen (secondary N) is 1. The molecule has 1 aromatic rings. The Labute approximate surface area is 94.8 Å². The molecule has 15 heavy (non-hydrogen) atoms. The van der Waals surface area contributed by atoms with E-state index in [9.17, 15) is 0 Å². The number of hydrogen-bond acceptors (Lipinski definition) is 3. The van der Waals surface area contributed by atoms with Crippen molar-refractivity contribution in [1.82, 2.24) is 4.98 Å². The van der Waals surface area contributed by atoms with Gasteiger partial charge in [-0.3, -0.25) is 0 Å². The fourth-order valence-electron chi connectivity index (χ4n) is 1.43. The molecule has 1 aliphatic rings. The number of nitrogens with zero attached hydrogens (tertiary/aromatic N) is 1. The van der Waals surface area contributed by atoms with E-state index in [2.05, 4.69) is 10.3 Å². The third kappa shape index (κ3) is 2.99. The molecule has 1 aliphatic carbocycles. The molecule has 82 valence electrons. The van der Waals surface area contributed by atoms with Crippen LogP contribution >= 0.6 is 11.6 Å². The van der Waals surface area contributed by atoms with Crippen molar-refractivity contribution < 1.29 is 4.74 Å². The quantitative estimate of drug-likeness (QED) is 0.784. The molecule has 1 heterocycles. The number of anilines is 1. The van der Waals surface area contributed by atoms with Crippen molar-refractivity contribution in [1.29, 1.82) is 0 Å². The van der Waals surface area contributed by atoms with Crippen molar-refractivity contribution in [2.45, 2.75) is 18.2 Å². The van der Waals surface area contributed by atoms with E-state index in [0.717, 1.165) is 18.1 Å². The maximum Gasteiger partial charge on any atom is 0.137 e. The van der Waals surface area contributed by atoms with Crippen molar-refractivity contribution >= 4 is 17.4 Å². The van der Waals surface area contributed by atoms with Crippen LogP contribution in [-0.2, 0) is 0 Å². The van der Waals surface area contributed by atoms with Crippen LogP contribution in [0.3, 0.4) is 0 Å². The van der Waals surface area contributed by atoms with Gasteiger partial charge in [-0.15, -0.1) is 11.6 Å². The molecule has 0 spiro atoms. The molecule has 1 atom stereocenters. The lowest BCUT2D eigenvalue weighted by Gasteiger charge is -2.10. The highest BCUT2D eigenvalue weighted by Crippen LogP contribution is 2.35. The van der Waals surface area contributed by atoms with Gasteiger partial charge >= 0.3 is 0 Å². The predicted octanol–water partition coefficient (Wildman–Crippen LogP) is 2.52. The highest BCUT2D eigenvalue weighted by atomic mass is 35.5. The van der Waals surface area contributed by atoms with E-state index >= 15 is 0 Å². The molecule has 1 saturated carbocycles. The summed E-state index contributed by atoms with van der Waals surface area (Å²) in [5.41, 5.74) is 0. The number of halogens is 1. The van der Waals surface area contributed by atoms with Crippen LogP contribution in [-0.4, -0.2) is 24.0 Å². The predicted molar refractivity (Wildman–Crippen MR) is 61.6 cm³/mol. The van der Waals surface area contributed by atoms with E-state index in [-0.39, 0.29) is 5.38 Å². The van der Waals surface area contributed by atoms with E-state index in [1.165, 1.54) is 12.8 Å². The van der Waals surface area contributed by atoms with E-state index in [1.807, 2.05) is 12.1 Å². The van der Waals surface area contributed by atoms with Crippen molar-refractivity contribution in [2.75, 3.05) is 19.0 Å². The first-order valence-corrected chi connectivity index (χ1v) is 5.61. The fraction of sp³-hybridized carbons (Fsp3) is 0.545. The van der Waals surface area contributed by atoms with Crippen molar-refractivity contribution in [3.05, 3.63) is 18.3 Å². The molecular formula is C11H15ClN2O. The van der Waals surface area contributed by atoms with Gasteiger partial charge in [0, 0.05) is 6.54 Å². The molecule has 3 nitrogen and oxygen atoms in total. The lowest BCUT2D eigenvalue weighted by molar-refractivity contribution is 0.413. The van der Waals surface area contributed by atoms with Gasteiger partial charge < -0.3 is 10.1 Å². The van der Waals surface area contributed by atoms with Crippen LogP contribution in [0.15, 0.2) is 18.3 Å². The third-order valence-corrected chi connectivity index (χ3v) is 3.09. The van der Waals surface area contributed by atoms with Gasteiger partial charge in [0.25, 0.3) is 0 Å². The van der Waals surface area contributed by atoms with Gasteiger partial charge in [-0.05, 0) is 30.9 Å². The van der Waals surface area contributed by atoms with Crippen molar-refractivity contribution in [3.8, 4) is 5.75 Å². The Morgan fingerprint density at radius 3 is 2.93 bits per heavy atom. The molecule has 0 aromatic carbocycles. The van der Waals surface area contributed by atoms with Crippen molar-refractivity contribution in [2.24, 2.45) is 5.92 Å². The molecule has 0 aliphatic heterocycles. The first-order valence-electron chi connectivity index (χ1n) is 5.17. The van der Waals surface area contributed by atoms with Gasteiger partial charge in [0.05, 0.1) is 18.7 Å². The zero-order chi connectivity index (χ0) is 10.7.